The van der Waals surface area contributed by atoms with Crippen LogP contribution in [0.15, 0.2) is 27.0 Å². The Hall–Kier alpha value is -1.07. The lowest BCUT2D eigenvalue weighted by molar-refractivity contribution is 0.352. The van der Waals surface area contributed by atoms with Crippen LogP contribution < -0.4 is 20.1 Å². The highest BCUT2D eigenvalue weighted by atomic mass is 127. The van der Waals surface area contributed by atoms with E-state index in [1.54, 1.807) is 32.6 Å². The average Bonchev–Trinajstić information content (AvgIpc) is 3.10. The number of guanidine groups is 1. The molecule has 1 aromatic heterocycles. The third kappa shape index (κ3) is 6.79. The summed E-state index contributed by atoms with van der Waals surface area (Å²) in [5, 5.41) is 9.75. The maximum atomic E-state index is 5.38. The fraction of sp³-hybridized carbons (Fsp3) is 0.444. The predicted octanol–water partition coefficient (Wildman–Crippen LogP) is 4.53. The van der Waals surface area contributed by atoms with Crippen LogP contribution in [-0.4, -0.2) is 32.2 Å². The summed E-state index contributed by atoms with van der Waals surface area (Å²) in [5.74, 6) is 2.53. The van der Waals surface area contributed by atoms with E-state index < -0.39 is 0 Å². The zero-order valence-electron chi connectivity index (χ0n) is 16.1. The van der Waals surface area contributed by atoms with Crippen molar-refractivity contribution in [3.63, 3.8) is 0 Å². The van der Waals surface area contributed by atoms with E-state index in [4.69, 9.17) is 9.47 Å². The van der Waals surface area contributed by atoms with Crippen LogP contribution in [0.2, 0.25) is 0 Å². The molecule has 2 aromatic rings. The smallest absolute Gasteiger partial charge is 0.191 e. The van der Waals surface area contributed by atoms with Gasteiger partial charge < -0.3 is 20.1 Å². The fourth-order valence-corrected chi connectivity index (χ4v) is 3.86. The molecule has 1 aromatic carbocycles. The standard InChI is InChI=1S/C18H25BrN4O2S.HI/c1-11(2)14-10-26-16(23-14)9-22-18(20-3)21-8-12-6-13(19)17(25-5)15(7-12)24-4;/h6-7,10-11H,8-9H2,1-5H3,(H2,20,21,22);1H. The van der Waals surface area contributed by atoms with Gasteiger partial charge in [-0.15, -0.1) is 35.3 Å². The number of benzene rings is 1. The van der Waals surface area contributed by atoms with E-state index in [9.17, 15) is 0 Å². The molecule has 0 unspecified atom stereocenters. The number of ether oxygens (including phenoxy) is 2. The lowest BCUT2D eigenvalue weighted by atomic mass is 10.2. The molecule has 0 aliphatic heterocycles. The molecule has 0 spiro atoms. The summed E-state index contributed by atoms with van der Waals surface area (Å²) in [6, 6.07) is 3.94. The number of halogens is 2. The molecule has 0 atom stereocenters. The highest BCUT2D eigenvalue weighted by Crippen LogP contribution is 2.36. The highest BCUT2D eigenvalue weighted by Gasteiger charge is 2.11. The van der Waals surface area contributed by atoms with Crippen LogP contribution in [-0.2, 0) is 13.1 Å². The number of aliphatic imine (C=N–C) groups is 1. The second kappa shape index (κ2) is 11.7. The van der Waals surface area contributed by atoms with Gasteiger partial charge in [0, 0.05) is 19.0 Å². The largest absolute Gasteiger partial charge is 0.493 e. The number of rotatable bonds is 7. The minimum Gasteiger partial charge on any atom is -0.493 e. The second-order valence-electron chi connectivity index (χ2n) is 5.91. The Morgan fingerprint density at radius 2 is 1.93 bits per heavy atom. The van der Waals surface area contributed by atoms with Crippen molar-refractivity contribution < 1.29 is 9.47 Å². The number of nitrogens with zero attached hydrogens (tertiary/aromatic N) is 2. The minimum absolute atomic E-state index is 0. The molecule has 0 aliphatic carbocycles. The fourth-order valence-electron chi connectivity index (χ4n) is 2.31. The van der Waals surface area contributed by atoms with Crippen LogP contribution in [0.1, 0.15) is 36.0 Å². The maximum Gasteiger partial charge on any atom is 0.191 e. The molecule has 2 rings (SSSR count). The Morgan fingerprint density at radius 1 is 1.22 bits per heavy atom. The first kappa shape index (κ1) is 24.0. The van der Waals surface area contributed by atoms with Crippen molar-refractivity contribution in [3.8, 4) is 11.5 Å². The van der Waals surface area contributed by atoms with Gasteiger partial charge in [-0.1, -0.05) is 13.8 Å². The van der Waals surface area contributed by atoms with E-state index in [0.29, 0.717) is 30.5 Å². The van der Waals surface area contributed by atoms with Crippen LogP contribution in [0.3, 0.4) is 0 Å². The summed E-state index contributed by atoms with van der Waals surface area (Å²) in [4.78, 5) is 8.89. The number of hydrogen-bond acceptors (Lipinski definition) is 5. The van der Waals surface area contributed by atoms with Gasteiger partial charge in [-0.05, 0) is 39.5 Å². The summed E-state index contributed by atoms with van der Waals surface area (Å²) in [6.45, 7) is 5.54. The molecule has 1 heterocycles. The summed E-state index contributed by atoms with van der Waals surface area (Å²) in [6.07, 6.45) is 0. The van der Waals surface area contributed by atoms with Gasteiger partial charge in [-0.3, -0.25) is 4.99 Å². The molecule has 2 N–H and O–H groups in total. The molecule has 0 bridgehead atoms. The first-order valence-corrected chi connectivity index (χ1v) is 9.95. The van der Waals surface area contributed by atoms with Crippen molar-refractivity contribution in [1.29, 1.82) is 0 Å². The number of thiazole rings is 1. The van der Waals surface area contributed by atoms with Gasteiger partial charge in [0.05, 0.1) is 30.9 Å². The van der Waals surface area contributed by atoms with E-state index in [2.05, 4.69) is 55.8 Å². The number of hydrogen-bond donors (Lipinski definition) is 2. The number of methoxy groups -OCH3 is 2. The van der Waals surface area contributed by atoms with Gasteiger partial charge in [-0.25, -0.2) is 4.98 Å². The summed E-state index contributed by atoms with van der Waals surface area (Å²) in [5.41, 5.74) is 2.18. The van der Waals surface area contributed by atoms with E-state index in [0.717, 1.165) is 26.7 Å². The lowest BCUT2D eigenvalue weighted by Crippen LogP contribution is -2.36. The molecule has 0 saturated carbocycles. The van der Waals surface area contributed by atoms with Crippen molar-refractivity contribution >= 4 is 57.2 Å². The average molecular weight is 569 g/mol. The molecular weight excluding hydrogens is 543 g/mol. The Morgan fingerprint density at radius 3 is 2.48 bits per heavy atom. The molecule has 27 heavy (non-hydrogen) atoms. The SMILES string of the molecule is CN=C(NCc1cc(Br)c(OC)c(OC)c1)NCc1nc(C(C)C)cs1.I. The van der Waals surface area contributed by atoms with Crippen LogP contribution >= 0.6 is 51.2 Å². The maximum absolute atomic E-state index is 5.38. The van der Waals surface area contributed by atoms with Gasteiger partial charge in [0.2, 0.25) is 0 Å². The Balaban J connectivity index is 0.00000364. The molecule has 150 valence electrons. The van der Waals surface area contributed by atoms with Crippen molar-refractivity contribution in [2.24, 2.45) is 4.99 Å². The molecule has 0 saturated heterocycles. The van der Waals surface area contributed by atoms with Crippen LogP contribution in [0.4, 0.5) is 0 Å². The van der Waals surface area contributed by atoms with Crippen molar-refractivity contribution in [3.05, 3.63) is 38.3 Å². The zero-order chi connectivity index (χ0) is 19.1. The normalized spacial score (nSPS) is 11.1. The number of aromatic nitrogens is 1. The highest BCUT2D eigenvalue weighted by molar-refractivity contribution is 14.0. The van der Waals surface area contributed by atoms with Crippen molar-refractivity contribution in [2.45, 2.75) is 32.9 Å². The first-order valence-electron chi connectivity index (χ1n) is 8.27. The van der Waals surface area contributed by atoms with Crippen LogP contribution in [0, 0.1) is 0 Å². The molecule has 0 radical (unpaired) electrons. The first-order chi connectivity index (χ1) is 12.5. The molecule has 0 fully saturated rings. The van der Waals surface area contributed by atoms with Crippen molar-refractivity contribution in [1.82, 2.24) is 15.6 Å². The molecule has 0 amide bonds. The molecular formula is C18H26BrIN4O2S. The molecule has 0 aliphatic rings. The van der Waals surface area contributed by atoms with Gasteiger partial charge in [-0.2, -0.15) is 0 Å². The third-order valence-electron chi connectivity index (χ3n) is 3.75. The van der Waals surface area contributed by atoms with Gasteiger partial charge in [0.15, 0.2) is 17.5 Å². The van der Waals surface area contributed by atoms with E-state index in [1.165, 1.54) is 0 Å². The zero-order valence-corrected chi connectivity index (χ0v) is 20.9. The third-order valence-corrected chi connectivity index (χ3v) is 5.20. The van der Waals surface area contributed by atoms with E-state index in [1.807, 2.05) is 12.1 Å². The molecule has 9 heteroatoms. The second-order valence-corrected chi connectivity index (χ2v) is 7.71. The van der Waals surface area contributed by atoms with Gasteiger partial charge in [0.1, 0.15) is 5.01 Å². The lowest BCUT2D eigenvalue weighted by Gasteiger charge is -2.14. The van der Waals surface area contributed by atoms with Crippen LogP contribution in [0.5, 0.6) is 11.5 Å². The predicted molar refractivity (Wildman–Crippen MR) is 126 cm³/mol. The summed E-state index contributed by atoms with van der Waals surface area (Å²) >= 11 is 5.18. The Labute approximate surface area is 190 Å². The molecule has 6 nitrogen and oxygen atoms in total. The monoisotopic (exact) mass is 568 g/mol. The van der Waals surface area contributed by atoms with Gasteiger partial charge in [0.25, 0.3) is 0 Å². The Kier molecular flexibility index (Phi) is 10.4. The number of nitrogens with one attached hydrogen (secondary N) is 2. The topological polar surface area (TPSA) is 67.8 Å². The summed E-state index contributed by atoms with van der Waals surface area (Å²) in [7, 11) is 5.00. The van der Waals surface area contributed by atoms with Crippen molar-refractivity contribution in [2.75, 3.05) is 21.3 Å². The minimum atomic E-state index is 0. The van der Waals surface area contributed by atoms with Crippen LogP contribution in [0.25, 0.3) is 0 Å². The van der Waals surface area contributed by atoms with E-state index in [-0.39, 0.29) is 24.0 Å². The van der Waals surface area contributed by atoms with E-state index >= 15 is 0 Å². The Bertz CT molecular complexity index is 768. The summed E-state index contributed by atoms with van der Waals surface area (Å²) < 4.78 is 11.6. The van der Waals surface area contributed by atoms with Gasteiger partial charge >= 0.3 is 0 Å². The quantitative estimate of drug-likeness (QED) is 0.292.